The van der Waals surface area contributed by atoms with Gasteiger partial charge in [0.1, 0.15) is 0 Å². The maximum absolute atomic E-state index is 5.90. The molecule has 1 unspecified atom stereocenters. The summed E-state index contributed by atoms with van der Waals surface area (Å²) in [5.41, 5.74) is 7.21. The van der Waals surface area contributed by atoms with E-state index in [0.29, 0.717) is 12.5 Å². The van der Waals surface area contributed by atoms with Gasteiger partial charge in [-0.05, 0) is 17.7 Å². The highest BCUT2D eigenvalue weighted by molar-refractivity contribution is 9.10. The second kappa shape index (κ2) is 6.50. The molecule has 1 heterocycles. The van der Waals surface area contributed by atoms with Gasteiger partial charge >= 0.3 is 0 Å². The normalized spacial score (nSPS) is 19.2. The summed E-state index contributed by atoms with van der Waals surface area (Å²) in [7, 11) is 0. The Labute approximate surface area is 111 Å². The lowest BCUT2D eigenvalue weighted by Gasteiger charge is -2.30. The summed E-state index contributed by atoms with van der Waals surface area (Å²) >= 11 is 3.51. The first kappa shape index (κ1) is 13.0. The Bertz CT molecular complexity index is 353. The van der Waals surface area contributed by atoms with Crippen molar-refractivity contribution in [1.29, 1.82) is 0 Å². The van der Waals surface area contributed by atoms with E-state index in [1.165, 1.54) is 5.56 Å². The van der Waals surface area contributed by atoms with Gasteiger partial charge in [0.25, 0.3) is 0 Å². The number of ether oxygens (including phenoxy) is 1. The molecule has 1 atom stereocenters. The number of nitrogens with zero attached hydrogens (tertiary/aromatic N) is 1. The molecule has 0 radical (unpaired) electrons. The van der Waals surface area contributed by atoms with Gasteiger partial charge in [-0.2, -0.15) is 0 Å². The number of morpholine rings is 1. The fourth-order valence-corrected chi connectivity index (χ4v) is 2.59. The third-order valence-corrected chi connectivity index (χ3v) is 3.68. The standard InChI is InChI=1S/C13H19BrN2O/c14-13-3-1-2-11(8-13)12(9-15)10-16-4-6-17-7-5-16/h1-3,8,12H,4-7,9-10,15H2. The molecule has 0 aromatic heterocycles. The third kappa shape index (κ3) is 3.78. The van der Waals surface area contributed by atoms with Gasteiger partial charge in [0, 0.05) is 36.6 Å². The van der Waals surface area contributed by atoms with E-state index in [4.69, 9.17) is 10.5 Å². The quantitative estimate of drug-likeness (QED) is 0.922. The topological polar surface area (TPSA) is 38.5 Å². The lowest BCUT2D eigenvalue weighted by Crippen LogP contribution is -2.40. The van der Waals surface area contributed by atoms with E-state index in [9.17, 15) is 0 Å². The fraction of sp³-hybridized carbons (Fsp3) is 0.538. The summed E-state index contributed by atoms with van der Waals surface area (Å²) in [6.07, 6.45) is 0. The van der Waals surface area contributed by atoms with Crippen LogP contribution >= 0.6 is 15.9 Å². The van der Waals surface area contributed by atoms with Gasteiger partial charge < -0.3 is 10.5 Å². The van der Waals surface area contributed by atoms with Crippen LogP contribution in [0.4, 0.5) is 0 Å². The lowest BCUT2D eigenvalue weighted by atomic mass is 9.98. The average Bonchev–Trinajstić information content (AvgIpc) is 2.37. The first-order valence-electron chi connectivity index (χ1n) is 6.05. The van der Waals surface area contributed by atoms with Crippen molar-refractivity contribution in [3.8, 4) is 0 Å². The minimum Gasteiger partial charge on any atom is -0.379 e. The third-order valence-electron chi connectivity index (χ3n) is 3.19. The average molecular weight is 299 g/mol. The summed E-state index contributed by atoms with van der Waals surface area (Å²) in [5, 5.41) is 0. The van der Waals surface area contributed by atoms with Crippen molar-refractivity contribution >= 4 is 15.9 Å². The lowest BCUT2D eigenvalue weighted by molar-refractivity contribution is 0.0353. The predicted octanol–water partition coefficient (Wildman–Crippen LogP) is 1.82. The van der Waals surface area contributed by atoms with Crippen molar-refractivity contribution in [3.63, 3.8) is 0 Å². The van der Waals surface area contributed by atoms with Gasteiger partial charge in [-0.15, -0.1) is 0 Å². The van der Waals surface area contributed by atoms with E-state index in [2.05, 4.69) is 39.0 Å². The molecule has 17 heavy (non-hydrogen) atoms. The van der Waals surface area contributed by atoms with Crippen molar-refractivity contribution in [2.75, 3.05) is 39.4 Å². The van der Waals surface area contributed by atoms with Crippen LogP contribution in [0.3, 0.4) is 0 Å². The van der Waals surface area contributed by atoms with Crippen LogP contribution in [0.2, 0.25) is 0 Å². The molecule has 0 amide bonds. The molecule has 1 aliphatic heterocycles. The maximum atomic E-state index is 5.90. The van der Waals surface area contributed by atoms with Crippen LogP contribution in [0.5, 0.6) is 0 Å². The molecule has 2 rings (SSSR count). The summed E-state index contributed by atoms with van der Waals surface area (Å²) in [6.45, 7) is 5.44. The largest absolute Gasteiger partial charge is 0.379 e. The van der Waals surface area contributed by atoms with Crippen molar-refractivity contribution in [1.82, 2.24) is 4.90 Å². The van der Waals surface area contributed by atoms with Gasteiger partial charge in [-0.1, -0.05) is 28.1 Å². The number of rotatable bonds is 4. The minimum atomic E-state index is 0.408. The summed E-state index contributed by atoms with van der Waals surface area (Å²) in [4.78, 5) is 2.43. The predicted molar refractivity (Wildman–Crippen MR) is 73.2 cm³/mol. The van der Waals surface area contributed by atoms with Crippen molar-refractivity contribution < 1.29 is 4.74 Å². The highest BCUT2D eigenvalue weighted by Gasteiger charge is 2.17. The Balaban J connectivity index is 2.00. The number of hydrogen-bond acceptors (Lipinski definition) is 3. The second-order valence-corrected chi connectivity index (χ2v) is 5.32. The minimum absolute atomic E-state index is 0.408. The number of hydrogen-bond donors (Lipinski definition) is 1. The van der Waals surface area contributed by atoms with E-state index in [1.54, 1.807) is 0 Å². The van der Waals surface area contributed by atoms with Gasteiger partial charge in [0.05, 0.1) is 13.2 Å². The molecule has 2 N–H and O–H groups in total. The van der Waals surface area contributed by atoms with Crippen LogP contribution in [0.25, 0.3) is 0 Å². The van der Waals surface area contributed by atoms with Gasteiger partial charge in [0.2, 0.25) is 0 Å². The highest BCUT2D eigenvalue weighted by Crippen LogP contribution is 2.20. The molecule has 4 heteroatoms. The molecule has 0 bridgehead atoms. The van der Waals surface area contributed by atoms with E-state index in [-0.39, 0.29) is 0 Å². The van der Waals surface area contributed by atoms with Crippen LogP contribution in [-0.2, 0) is 4.74 Å². The molecule has 0 aliphatic carbocycles. The molecule has 0 saturated carbocycles. The Morgan fingerprint density at radius 1 is 1.35 bits per heavy atom. The first-order chi connectivity index (χ1) is 8.29. The molecular formula is C13H19BrN2O. The number of nitrogens with two attached hydrogens (primary N) is 1. The molecule has 1 aliphatic rings. The molecule has 1 saturated heterocycles. The van der Waals surface area contributed by atoms with E-state index < -0.39 is 0 Å². The molecule has 3 nitrogen and oxygen atoms in total. The van der Waals surface area contributed by atoms with Crippen molar-refractivity contribution in [2.24, 2.45) is 5.73 Å². The van der Waals surface area contributed by atoms with Crippen LogP contribution in [0.15, 0.2) is 28.7 Å². The Morgan fingerprint density at radius 3 is 2.76 bits per heavy atom. The van der Waals surface area contributed by atoms with Crippen molar-refractivity contribution in [2.45, 2.75) is 5.92 Å². The maximum Gasteiger partial charge on any atom is 0.0594 e. The van der Waals surface area contributed by atoms with Crippen LogP contribution < -0.4 is 5.73 Å². The number of halogens is 1. The Kier molecular flexibility index (Phi) is 4.98. The summed E-state index contributed by atoms with van der Waals surface area (Å²) in [5.74, 6) is 0.408. The molecule has 1 fully saturated rings. The van der Waals surface area contributed by atoms with Gasteiger partial charge in [-0.3, -0.25) is 4.90 Å². The highest BCUT2D eigenvalue weighted by atomic mass is 79.9. The van der Waals surface area contributed by atoms with Crippen LogP contribution in [0, 0.1) is 0 Å². The summed E-state index contributed by atoms with van der Waals surface area (Å²) in [6, 6.07) is 8.44. The SMILES string of the molecule is NCC(CN1CCOCC1)c1cccc(Br)c1. The molecular weight excluding hydrogens is 280 g/mol. The van der Waals surface area contributed by atoms with E-state index >= 15 is 0 Å². The first-order valence-corrected chi connectivity index (χ1v) is 6.84. The van der Waals surface area contributed by atoms with Gasteiger partial charge in [0.15, 0.2) is 0 Å². The summed E-state index contributed by atoms with van der Waals surface area (Å²) < 4.78 is 6.48. The van der Waals surface area contributed by atoms with E-state index in [0.717, 1.165) is 37.3 Å². The molecule has 94 valence electrons. The Morgan fingerprint density at radius 2 is 2.12 bits per heavy atom. The van der Waals surface area contributed by atoms with Gasteiger partial charge in [-0.25, -0.2) is 0 Å². The van der Waals surface area contributed by atoms with Crippen LogP contribution in [0.1, 0.15) is 11.5 Å². The zero-order valence-electron chi connectivity index (χ0n) is 9.94. The molecule has 1 aromatic carbocycles. The van der Waals surface area contributed by atoms with E-state index in [1.807, 2.05) is 6.07 Å². The van der Waals surface area contributed by atoms with Crippen molar-refractivity contribution in [3.05, 3.63) is 34.3 Å². The number of benzene rings is 1. The van der Waals surface area contributed by atoms with Crippen LogP contribution in [-0.4, -0.2) is 44.3 Å². The molecule has 0 spiro atoms. The molecule has 1 aromatic rings. The second-order valence-electron chi connectivity index (χ2n) is 4.40. The fourth-order valence-electron chi connectivity index (χ4n) is 2.17. The smallest absolute Gasteiger partial charge is 0.0594 e. The zero-order valence-corrected chi connectivity index (χ0v) is 11.5. The Hall–Kier alpha value is -0.420. The zero-order chi connectivity index (χ0) is 12.1. The monoisotopic (exact) mass is 298 g/mol.